The van der Waals surface area contributed by atoms with Crippen molar-refractivity contribution in [2.45, 2.75) is 109 Å². The first-order chi connectivity index (χ1) is 23.5. The van der Waals surface area contributed by atoms with Crippen molar-refractivity contribution in [2.75, 3.05) is 5.32 Å². The molecule has 0 aliphatic heterocycles. The first-order valence-electron chi connectivity index (χ1n) is 16.9. The topological polar surface area (TPSA) is 152 Å². The predicted molar refractivity (Wildman–Crippen MR) is 190 cm³/mol. The van der Waals surface area contributed by atoms with Crippen LogP contribution in [0.25, 0.3) is 0 Å². The lowest BCUT2D eigenvalue weighted by Gasteiger charge is -2.43. The van der Waals surface area contributed by atoms with Crippen LogP contribution in [0.1, 0.15) is 107 Å². The number of carboxylic acids is 1. The summed E-state index contributed by atoms with van der Waals surface area (Å²) in [5.74, 6) is -0.954. The number of ether oxygens (including phenoxy) is 3. The Morgan fingerprint density at radius 1 is 0.640 bits per heavy atom. The minimum Gasteiger partial charge on any atom is -0.478 e. The number of hydrogen-bond donors (Lipinski definition) is 4. The van der Waals surface area contributed by atoms with E-state index in [4.69, 9.17) is 19.3 Å². The van der Waals surface area contributed by atoms with Gasteiger partial charge in [0, 0.05) is 5.69 Å². The predicted octanol–water partition coefficient (Wildman–Crippen LogP) is 8.63. The molecule has 4 N–H and O–H groups in total. The molecule has 268 valence electrons. The van der Waals surface area contributed by atoms with Crippen LogP contribution in [0.3, 0.4) is 0 Å². The number of anilines is 1. The number of hydrogen-bond acceptors (Lipinski definition) is 7. The highest BCUT2D eigenvalue weighted by Gasteiger charge is 2.42. The smallest absolute Gasteiger partial charge is 0.411 e. The Kier molecular flexibility index (Phi) is 11.8. The average molecular weight is 688 g/mol. The molecule has 2 aliphatic carbocycles. The van der Waals surface area contributed by atoms with Crippen LogP contribution in [-0.2, 0) is 31.9 Å². The SMILES string of the molecule is CC(C)(C)OC(=O)NC1(c2ccc(C(=O)O)cc2)CCC1.CC(C)(C)OC(=O)NC1(c2ccc(NC(=O)OCc3ccccc3)cc2)CCC1. The van der Waals surface area contributed by atoms with Gasteiger partial charge in [-0.1, -0.05) is 54.6 Å². The second kappa shape index (κ2) is 15.7. The molecule has 2 saturated carbocycles. The summed E-state index contributed by atoms with van der Waals surface area (Å²) < 4.78 is 16.0. The Balaban J connectivity index is 0.000000237. The standard InChI is InChI=1S/C23H28N2O4.C16H21NO4/c1-22(2,3)29-21(27)25-23(14-7-15-23)18-10-12-19(13-11-18)24-20(26)28-16-17-8-5-4-6-9-17;1-15(2,3)21-14(20)17-16(9-4-10-16)12-7-5-11(6-8-12)13(18)19/h4-6,8-13H,7,14-16H2,1-3H3,(H,24,26)(H,25,27);5-8H,4,9-10H2,1-3H3,(H,17,20)(H,18,19). The lowest BCUT2D eigenvalue weighted by Crippen LogP contribution is -2.52. The summed E-state index contributed by atoms with van der Waals surface area (Å²) in [6.07, 6.45) is 4.09. The van der Waals surface area contributed by atoms with Gasteiger partial charge in [-0.25, -0.2) is 19.2 Å². The second-order valence-electron chi connectivity index (χ2n) is 14.8. The molecule has 11 nitrogen and oxygen atoms in total. The van der Waals surface area contributed by atoms with Crippen molar-refractivity contribution in [3.05, 3.63) is 101 Å². The van der Waals surface area contributed by atoms with Crippen LogP contribution in [-0.4, -0.2) is 40.6 Å². The number of benzene rings is 3. The molecule has 11 heteroatoms. The normalized spacial score (nSPS) is 15.7. The molecule has 3 amide bonds. The van der Waals surface area contributed by atoms with Crippen LogP contribution >= 0.6 is 0 Å². The van der Waals surface area contributed by atoms with Gasteiger partial charge in [-0.05, 0) is 121 Å². The third kappa shape index (κ3) is 10.7. The quantitative estimate of drug-likeness (QED) is 0.172. The maximum Gasteiger partial charge on any atom is 0.411 e. The van der Waals surface area contributed by atoms with Gasteiger partial charge in [-0.3, -0.25) is 5.32 Å². The number of carbonyl (C=O) groups excluding carboxylic acids is 3. The van der Waals surface area contributed by atoms with Gasteiger partial charge in [0.2, 0.25) is 0 Å². The average Bonchev–Trinajstić information content (AvgIpc) is 2.99. The van der Waals surface area contributed by atoms with E-state index in [0.717, 1.165) is 55.2 Å². The molecular formula is C39H49N3O8. The summed E-state index contributed by atoms with van der Waals surface area (Å²) in [6.45, 7) is 11.2. The van der Waals surface area contributed by atoms with E-state index in [0.29, 0.717) is 5.69 Å². The molecule has 0 unspecified atom stereocenters. The number of carbonyl (C=O) groups is 4. The van der Waals surface area contributed by atoms with Crippen LogP contribution in [0, 0.1) is 0 Å². The van der Waals surface area contributed by atoms with E-state index in [-0.39, 0.29) is 12.2 Å². The zero-order valence-corrected chi connectivity index (χ0v) is 29.8. The molecule has 0 atom stereocenters. The number of rotatable bonds is 8. The highest BCUT2D eigenvalue weighted by atomic mass is 16.6. The van der Waals surface area contributed by atoms with Crippen molar-refractivity contribution >= 4 is 29.9 Å². The third-order valence-corrected chi connectivity index (χ3v) is 8.48. The molecule has 0 spiro atoms. The number of aromatic carboxylic acids is 1. The van der Waals surface area contributed by atoms with Crippen LogP contribution in [0.4, 0.5) is 20.1 Å². The Hall–Kier alpha value is -5.06. The summed E-state index contributed by atoms with van der Waals surface area (Å²) in [5, 5.41) is 17.6. The monoisotopic (exact) mass is 687 g/mol. The van der Waals surface area contributed by atoms with E-state index in [1.165, 1.54) is 0 Å². The van der Waals surface area contributed by atoms with E-state index in [9.17, 15) is 19.2 Å². The van der Waals surface area contributed by atoms with E-state index in [1.807, 2.05) is 96.1 Å². The largest absolute Gasteiger partial charge is 0.478 e. The molecular weight excluding hydrogens is 638 g/mol. The molecule has 0 saturated heterocycles. The Labute approximate surface area is 294 Å². The molecule has 2 fully saturated rings. The molecule has 3 aromatic rings. The van der Waals surface area contributed by atoms with E-state index < -0.39 is 46.5 Å². The van der Waals surface area contributed by atoms with Gasteiger partial charge in [-0.2, -0.15) is 0 Å². The fourth-order valence-corrected chi connectivity index (χ4v) is 5.71. The molecule has 2 aliphatic rings. The van der Waals surface area contributed by atoms with Crippen LogP contribution in [0.15, 0.2) is 78.9 Å². The maximum atomic E-state index is 12.2. The first kappa shape index (κ1) is 37.8. The molecule has 3 aromatic carbocycles. The number of alkyl carbamates (subject to hydrolysis) is 2. The molecule has 50 heavy (non-hydrogen) atoms. The summed E-state index contributed by atoms with van der Waals surface area (Å²) in [5.41, 5.74) is 1.81. The van der Waals surface area contributed by atoms with Crippen molar-refractivity contribution in [3.63, 3.8) is 0 Å². The molecule has 0 heterocycles. The Bertz CT molecular complexity index is 1620. The van der Waals surface area contributed by atoms with Crippen molar-refractivity contribution in [1.29, 1.82) is 0 Å². The van der Waals surface area contributed by atoms with Crippen LogP contribution in [0.2, 0.25) is 0 Å². The van der Waals surface area contributed by atoms with Gasteiger partial charge in [-0.15, -0.1) is 0 Å². The summed E-state index contributed by atoms with van der Waals surface area (Å²) >= 11 is 0. The van der Waals surface area contributed by atoms with Crippen molar-refractivity contribution < 1.29 is 38.5 Å². The van der Waals surface area contributed by atoms with Crippen LogP contribution < -0.4 is 16.0 Å². The highest BCUT2D eigenvalue weighted by molar-refractivity contribution is 5.87. The Morgan fingerprint density at radius 2 is 1.08 bits per heavy atom. The van der Waals surface area contributed by atoms with Gasteiger partial charge in [0.05, 0.1) is 16.6 Å². The summed E-state index contributed by atoms with van der Waals surface area (Å²) in [4.78, 5) is 47.1. The third-order valence-electron chi connectivity index (χ3n) is 8.48. The lowest BCUT2D eigenvalue weighted by atomic mass is 9.72. The highest BCUT2D eigenvalue weighted by Crippen LogP contribution is 2.42. The fourth-order valence-electron chi connectivity index (χ4n) is 5.71. The number of amides is 3. The van der Waals surface area contributed by atoms with Gasteiger partial charge in [0.1, 0.15) is 17.8 Å². The number of carboxylic acid groups (broad SMARTS) is 1. The number of nitrogens with one attached hydrogen (secondary N) is 3. The van der Waals surface area contributed by atoms with Gasteiger partial charge in [0.15, 0.2) is 0 Å². The van der Waals surface area contributed by atoms with Gasteiger partial charge < -0.3 is 30.0 Å². The summed E-state index contributed by atoms with van der Waals surface area (Å²) in [7, 11) is 0. The maximum absolute atomic E-state index is 12.2. The summed E-state index contributed by atoms with van der Waals surface area (Å²) in [6, 6.07) is 23.6. The van der Waals surface area contributed by atoms with Crippen molar-refractivity contribution in [1.82, 2.24) is 10.6 Å². The molecule has 0 bridgehead atoms. The van der Waals surface area contributed by atoms with E-state index in [1.54, 1.807) is 24.3 Å². The molecule has 5 rings (SSSR count). The first-order valence-corrected chi connectivity index (χ1v) is 16.9. The van der Waals surface area contributed by atoms with E-state index >= 15 is 0 Å². The van der Waals surface area contributed by atoms with Crippen molar-refractivity contribution in [3.8, 4) is 0 Å². The molecule has 0 radical (unpaired) electrons. The minimum absolute atomic E-state index is 0.216. The second-order valence-corrected chi connectivity index (χ2v) is 14.8. The zero-order chi connectivity index (χ0) is 36.6. The fraction of sp³-hybridized carbons (Fsp3) is 0.436. The van der Waals surface area contributed by atoms with Crippen molar-refractivity contribution in [2.24, 2.45) is 0 Å². The van der Waals surface area contributed by atoms with E-state index in [2.05, 4.69) is 16.0 Å². The lowest BCUT2D eigenvalue weighted by molar-refractivity contribution is 0.0365. The Morgan fingerprint density at radius 3 is 1.46 bits per heavy atom. The van der Waals surface area contributed by atoms with Gasteiger partial charge >= 0.3 is 24.2 Å². The van der Waals surface area contributed by atoms with Gasteiger partial charge in [0.25, 0.3) is 0 Å². The molecule has 0 aromatic heterocycles. The minimum atomic E-state index is -0.954. The van der Waals surface area contributed by atoms with Crippen LogP contribution in [0.5, 0.6) is 0 Å². The zero-order valence-electron chi connectivity index (χ0n) is 29.8.